The van der Waals surface area contributed by atoms with Gasteiger partial charge < -0.3 is 5.73 Å². The fourth-order valence-electron chi connectivity index (χ4n) is 3.27. The van der Waals surface area contributed by atoms with Crippen LogP contribution in [0, 0.1) is 0 Å². The second kappa shape index (κ2) is 7.77. The third-order valence-electron chi connectivity index (χ3n) is 4.77. The van der Waals surface area contributed by atoms with Gasteiger partial charge in [0.05, 0.1) is 12.1 Å². The maximum absolute atomic E-state index is 6.29. The summed E-state index contributed by atoms with van der Waals surface area (Å²) in [6, 6.07) is 0.195. The number of nitrogens with zero attached hydrogens (tertiary/aromatic N) is 1. The molecule has 1 atom stereocenters. The molecular formula is C17H36N2O. The van der Waals surface area contributed by atoms with Crippen LogP contribution in [0.2, 0.25) is 0 Å². The van der Waals surface area contributed by atoms with Crippen LogP contribution < -0.4 is 5.73 Å². The molecule has 0 aliphatic carbocycles. The molecule has 0 aromatic rings. The maximum Gasteiger partial charge on any atom is 0.0685 e. The minimum Gasteiger partial charge on any atom is -0.326 e. The molecule has 20 heavy (non-hydrogen) atoms. The normalized spacial score (nSPS) is 25.8. The van der Waals surface area contributed by atoms with E-state index >= 15 is 0 Å². The first-order chi connectivity index (χ1) is 9.32. The zero-order chi connectivity index (χ0) is 15.2. The number of piperidine rings is 1. The highest BCUT2D eigenvalue weighted by atomic mass is 16.7. The summed E-state index contributed by atoms with van der Waals surface area (Å²) in [7, 11) is 0. The third-order valence-corrected chi connectivity index (χ3v) is 4.77. The fraction of sp³-hybridized carbons (Fsp3) is 1.00. The third kappa shape index (κ3) is 4.71. The van der Waals surface area contributed by atoms with Crippen molar-refractivity contribution in [3.8, 4) is 0 Å². The van der Waals surface area contributed by atoms with Crippen molar-refractivity contribution in [3.63, 3.8) is 0 Å². The highest BCUT2D eigenvalue weighted by Crippen LogP contribution is 2.37. The van der Waals surface area contributed by atoms with Gasteiger partial charge in [0, 0.05) is 11.6 Å². The van der Waals surface area contributed by atoms with Gasteiger partial charge >= 0.3 is 0 Å². The standard InChI is InChI=1S/C17H36N2O/c1-6-7-8-9-10-11-14-20-19-16(2,3)13-12-15(18)17(19,4)5/h15H,6-14,18H2,1-5H3. The molecule has 1 rings (SSSR count). The average Bonchev–Trinajstić information content (AvgIpc) is 2.37. The van der Waals surface area contributed by atoms with Gasteiger partial charge in [-0.1, -0.05) is 39.0 Å². The SMILES string of the molecule is CCCCCCCCON1C(C)(C)CCC(N)C1(C)C. The largest absolute Gasteiger partial charge is 0.326 e. The number of nitrogens with two attached hydrogens (primary N) is 1. The number of hydrogen-bond acceptors (Lipinski definition) is 3. The van der Waals surface area contributed by atoms with Crippen LogP contribution in [0.25, 0.3) is 0 Å². The second-order valence-electron chi connectivity index (χ2n) is 7.51. The van der Waals surface area contributed by atoms with Crippen molar-refractivity contribution < 1.29 is 4.84 Å². The van der Waals surface area contributed by atoms with Gasteiger partial charge in [-0.15, -0.1) is 0 Å². The van der Waals surface area contributed by atoms with E-state index in [4.69, 9.17) is 10.6 Å². The summed E-state index contributed by atoms with van der Waals surface area (Å²) in [4.78, 5) is 6.14. The van der Waals surface area contributed by atoms with E-state index in [0.717, 1.165) is 25.9 Å². The molecule has 0 saturated carbocycles. The molecule has 1 fully saturated rings. The summed E-state index contributed by atoms with van der Waals surface area (Å²) in [5.74, 6) is 0. The fourth-order valence-corrected chi connectivity index (χ4v) is 3.27. The van der Waals surface area contributed by atoms with Gasteiger partial charge in [0.2, 0.25) is 0 Å². The van der Waals surface area contributed by atoms with Gasteiger partial charge in [-0.25, -0.2) is 0 Å². The van der Waals surface area contributed by atoms with E-state index < -0.39 is 0 Å². The van der Waals surface area contributed by atoms with E-state index in [1.165, 1.54) is 32.1 Å². The molecule has 0 bridgehead atoms. The Bertz CT molecular complexity index is 276. The molecule has 3 heteroatoms. The van der Waals surface area contributed by atoms with Crippen molar-refractivity contribution in [3.05, 3.63) is 0 Å². The summed E-state index contributed by atoms with van der Waals surface area (Å²) < 4.78 is 0. The maximum atomic E-state index is 6.29. The molecule has 1 heterocycles. The zero-order valence-electron chi connectivity index (χ0n) is 14.4. The number of hydrogen-bond donors (Lipinski definition) is 1. The lowest BCUT2D eigenvalue weighted by Gasteiger charge is -2.54. The lowest BCUT2D eigenvalue weighted by molar-refractivity contribution is -0.285. The lowest BCUT2D eigenvalue weighted by atomic mass is 9.79. The molecule has 0 aromatic heterocycles. The molecular weight excluding hydrogens is 248 g/mol. The zero-order valence-corrected chi connectivity index (χ0v) is 14.4. The number of rotatable bonds is 8. The van der Waals surface area contributed by atoms with Gasteiger partial charge in [-0.05, 0) is 47.0 Å². The minimum atomic E-state index is -0.0794. The second-order valence-corrected chi connectivity index (χ2v) is 7.51. The number of unbranched alkanes of at least 4 members (excludes halogenated alkanes) is 5. The molecule has 0 radical (unpaired) electrons. The molecule has 1 aliphatic heterocycles. The molecule has 1 aliphatic rings. The van der Waals surface area contributed by atoms with Crippen molar-refractivity contribution in [1.82, 2.24) is 5.06 Å². The van der Waals surface area contributed by atoms with Crippen LogP contribution in [0.4, 0.5) is 0 Å². The summed E-state index contributed by atoms with van der Waals surface area (Å²) in [5, 5.41) is 2.18. The van der Waals surface area contributed by atoms with Crippen molar-refractivity contribution in [2.75, 3.05) is 6.61 Å². The minimum absolute atomic E-state index is 0.0794. The van der Waals surface area contributed by atoms with Crippen LogP contribution in [0.3, 0.4) is 0 Å². The Kier molecular flexibility index (Phi) is 6.96. The highest BCUT2D eigenvalue weighted by molar-refractivity contribution is 5.00. The van der Waals surface area contributed by atoms with E-state index in [9.17, 15) is 0 Å². The van der Waals surface area contributed by atoms with E-state index in [0.29, 0.717) is 0 Å². The Morgan fingerprint density at radius 1 is 1.05 bits per heavy atom. The Morgan fingerprint density at radius 2 is 1.65 bits per heavy atom. The van der Waals surface area contributed by atoms with Gasteiger partial charge in [0.25, 0.3) is 0 Å². The topological polar surface area (TPSA) is 38.5 Å². The Balaban J connectivity index is 2.35. The molecule has 120 valence electrons. The smallest absolute Gasteiger partial charge is 0.0685 e. The first kappa shape index (κ1) is 17.9. The quantitative estimate of drug-likeness (QED) is 0.677. The Labute approximate surface area is 126 Å². The van der Waals surface area contributed by atoms with Gasteiger partial charge in [-0.3, -0.25) is 4.84 Å². The summed E-state index contributed by atoms with van der Waals surface area (Å²) >= 11 is 0. The van der Waals surface area contributed by atoms with E-state index in [2.05, 4.69) is 39.7 Å². The van der Waals surface area contributed by atoms with E-state index in [1.54, 1.807) is 0 Å². The van der Waals surface area contributed by atoms with Crippen LogP contribution in [0.5, 0.6) is 0 Å². The van der Waals surface area contributed by atoms with Crippen molar-refractivity contribution in [2.45, 2.75) is 103 Å². The van der Waals surface area contributed by atoms with Crippen LogP contribution >= 0.6 is 0 Å². The summed E-state index contributed by atoms with van der Waals surface area (Å²) in [6.07, 6.45) is 9.99. The first-order valence-electron chi connectivity index (χ1n) is 8.51. The van der Waals surface area contributed by atoms with Gasteiger partial charge in [0.15, 0.2) is 0 Å². The molecule has 3 nitrogen and oxygen atoms in total. The molecule has 1 unspecified atom stereocenters. The Hall–Kier alpha value is -0.120. The predicted octanol–water partition coefficient (Wildman–Crippen LogP) is 4.26. The monoisotopic (exact) mass is 284 g/mol. The highest BCUT2D eigenvalue weighted by Gasteiger charge is 2.46. The number of hydroxylamine groups is 2. The van der Waals surface area contributed by atoms with Crippen LogP contribution in [0.15, 0.2) is 0 Å². The lowest BCUT2D eigenvalue weighted by Crippen LogP contribution is -2.66. The van der Waals surface area contributed by atoms with Crippen molar-refractivity contribution >= 4 is 0 Å². The van der Waals surface area contributed by atoms with E-state index in [-0.39, 0.29) is 17.1 Å². The van der Waals surface area contributed by atoms with Crippen LogP contribution in [-0.2, 0) is 4.84 Å². The molecule has 0 amide bonds. The van der Waals surface area contributed by atoms with Gasteiger partial charge in [-0.2, -0.15) is 5.06 Å². The first-order valence-corrected chi connectivity index (χ1v) is 8.51. The summed E-state index contributed by atoms with van der Waals surface area (Å²) in [5.41, 5.74) is 6.29. The van der Waals surface area contributed by atoms with Crippen LogP contribution in [-0.4, -0.2) is 28.8 Å². The molecule has 0 aromatic carbocycles. The van der Waals surface area contributed by atoms with E-state index in [1.807, 2.05) is 0 Å². The molecule has 2 N–H and O–H groups in total. The van der Waals surface area contributed by atoms with Crippen LogP contribution in [0.1, 0.15) is 86.0 Å². The average molecular weight is 284 g/mol. The van der Waals surface area contributed by atoms with Crippen molar-refractivity contribution in [1.29, 1.82) is 0 Å². The summed E-state index contributed by atoms with van der Waals surface area (Å²) in [6.45, 7) is 12.0. The molecule has 1 saturated heterocycles. The van der Waals surface area contributed by atoms with Crippen molar-refractivity contribution in [2.24, 2.45) is 5.73 Å². The molecule has 0 spiro atoms. The Morgan fingerprint density at radius 3 is 2.30 bits per heavy atom. The predicted molar refractivity (Wildman–Crippen MR) is 86.5 cm³/mol. The van der Waals surface area contributed by atoms with Gasteiger partial charge in [0.1, 0.15) is 0 Å².